The van der Waals surface area contributed by atoms with Crippen molar-refractivity contribution in [1.82, 2.24) is 10.2 Å². The molecular weight excluding hydrogens is 314 g/mol. The first-order valence-electron chi connectivity index (χ1n) is 7.33. The predicted molar refractivity (Wildman–Crippen MR) is 88.5 cm³/mol. The Balaban J connectivity index is 1.62. The van der Waals surface area contributed by atoms with Gasteiger partial charge in [0.05, 0.1) is 7.11 Å². The number of nitrogens with zero attached hydrogens (tertiary/aromatic N) is 2. The van der Waals surface area contributed by atoms with E-state index in [9.17, 15) is 4.79 Å². The smallest absolute Gasteiger partial charge is 0.250 e. The number of para-hydroxylation sites is 1. The molecule has 23 heavy (non-hydrogen) atoms. The highest BCUT2D eigenvalue weighted by Crippen LogP contribution is 2.31. The molecule has 2 heterocycles. The van der Waals surface area contributed by atoms with Crippen molar-refractivity contribution in [1.29, 1.82) is 0 Å². The first-order valence-corrected chi connectivity index (χ1v) is 8.15. The molecule has 1 N–H and O–H groups in total. The van der Waals surface area contributed by atoms with E-state index in [1.807, 2.05) is 24.3 Å². The SMILES string of the molecule is COc1ccccc1/C=C/C(=O)Nc1nnc([C@@H]2CCCO2)s1. The minimum Gasteiger partial charge on any atom is -0.496 e. The van der Waals surface area contributed by atoms with Gasteiger partial charge in [0.25, 0.3) is 0 Å². The van der Waals surface area contributed by atoms with Crippen LogP contribution in [-0.2, 0) is 9.53 Å². The van der Waals surface area contributed by atoms with Crippen LogP contribution in [0.4, 0.5) is 5.13 Å². The summed E-state index contributed by atoms with van der Waals surface area (Å²) < 4.78 is 10.8. The number of benzene rings is 1. The summed E-state index contributed by atoms with van der Waals surface area (Å²) in [7, 11) is 1.60. The second-order valence-corrected chi connectivity index (χ2v) is 6.02. The summed E-state index contributed by atoms with van der Waals surface area (Å²) in [5.74, 6) is 0.457. The fourth-order valence-electron chi connectivity index (χ4n) is 2.30. The van der Waals surface area contributed by atoms with Crippen LogP contribution in [0.5, 0.6) is 5.75 Å². The normalized spacial score (nSPS) is 17.5. The molecule has 6 nitrogen and oxygen atoms in total. The highest BCUT2D eigenvalue weighted by molar-refractivity contribution is 7.15. The summed E-state index contributed by atoms with van der Waals surface area (Å²) in [5, 5.41) is 12.1. The fourth-order valence-corrected chi connectivity index (χ4v) is 3.13. The molecule has 1 aromatic heterocycles. The Labute approximate surface area is 138 Å². The van der Waals surface area contributed by atoms with Gasteiger partial charge in [-0.1, -0.05) is 29.5 Å². The maximum absolute atomic E-state index is 12.0. The molecule has 1 aliphatic rings. The maximum atomic E-state index is 12.0. The van der Waals surface area contributed by atoms with Gasteiger partial charge in [0.15, 0.2) is 0 Å². The van der Waals surface area contributed by atoms with Crippen molar-refractivity contribution in [2.75, 3.05) is 19.0 Å². The molecule has 1 saturated heterocycles. The first-order chi connectivity index (χ1) is 11.3. The van der Waals surface area contributed by atoms with Crippen molar-refractivity contribution in [2.24, 2.45) is 0 Å². The first kappa shape index (κ1) is 15.6. The topological polar surface area (TPSA) is 73.3 Å². The van der Waals surface area contributed by atoms with Gasteiger partial charge in [-0.05, 0) is 25.0 Å². The van der Waals surface area contributed by atoms with E-state index in [0.717, 1.165) is 30.0 Å². The maximum Gasteiger partial charge on any atom is 0.250 e. The number of hydrogen-bond acceptors (Lipinski definition) is 6. The van der Waals surface area contributed by atoms with Crippen LogP contribution >= 0.6 is 11.3 Å². The van der Waals surface area contributed by atoms with Crippen LogP contribution in [0.25, 0.3) is 6.08 Å². The number of ether oxygens (including phenoxy) is 2. The standard InChI is InChI=1S/C16H17N3O3S/c1-21-12-6-3-2-5-11(12)8-9-14(20)17-16-19-18-15(23-16)13-7-4-10-22-13/h2-3,5-6,8-9,13H,4,7,10H2,1H3,(H,17,19,20)/b9-8+/t13-/m0/s1. The summed E-state index contributed by atoms with van der Waals surface area (Å²) >= 11 is 1.35. The van der Waals surface area contributed by atoms with Crippen molar-refractivity contribution < 1.29 is 14.3 Å². The number of rotatable bonds is 5. The molecule has 1 amide bonds. The van der Waals surface area contributed by atoms with Crippen LogP contribution in [0.1, 0.15) is 29.5 Å². The van der Waals surface area contributed by atoms with E-state index in [0.29, 0.717) is 10.9 Å². The van der Waals surface area contributed by atoms with Gasteiger partial charge in [0.2, 0.25) is 11.0 Å². The number of methoxy groups -OCH3 is 1. The van der Waals surface area contributed by atoms with Crippen molar-refractivity contribution in [3.05, 3.63) is 40.9 Å². The van der Waals surface area contributed by atoms with E-state index < -0.39 is 0 Å². The van der Waals surface area contributed by atoms with Gasteiger partial charge < -0.3 is 9.47 Å². The largest absolute Gasteiger partial charge is 0.496 e. The van der Waals surface area contributed by atoms with Crippen LogP contribution in [0.15, 0.2) is 30.3 Å². The van der Waals surface area contributed by atoms with Gasteiger partial charge in [-0.2, -0.15) is 0 Å². The van der Waals surface area contributed by atoms with E-state index in [2.05, 4.69) is 15.5 Å². The van der Waals surface area contributed by atoms with Crippen molar-refractivity contribution in [3.63, 3.8) is 0 Å². The number of carbonyl (C=O) groups excluding carboxylic acids is 1. The highest BCUT2D eigenvalue weighted by Gasteiger charge is 2.22. The van der Waals surface area contributed by atoms with Gasteiger partial charge in [-0.25, -0.2) is 0 Å². The van der Waals surface area contributed by atoms with E-state index in [4.69, 9.17) is 9.47 Å². The molecule has 0 spiro atoms. The zero-order chi connectivity index (χ0) is 16.1. The molecule has 120 valence electrons. The molecule has 7 heteroatoms. The quantitative estimate of drug-likeness (QED) is 0.853. The second-order valence-electron chi connectivity index (χ2n) is 5.01. The summed E-state index contributed by atoms with van der Waals surface area (Å²) in [6.07, 6.45) is 5.16. The lowest BCUT2D eigenvalue weighted by atomic mass is 10.2. The lowest BCUT2D eigenvalue weighted by molar-refractivity contribution is -0.111. The monoisotopic (exact) mass is 331 g/mol. The Morgan fingerprint density at radius 3 is 3.09 bits per heavy atom. The van der Waals surface area contributed by atoms with E-state index in [1.54, 1.807) is 13.2 Å². The summed E-state index contributed by atoms with van der Waals surface area (Å²) in [6, 6.07) is 7.49. The van der Waals surface area contributed by atoms with Crippen LogP contribution in [-0.4, -0.2) is 29.8 Å². The summed E-state index contributed by atoms with van der Waals surface area (Å²) in [5.41, 5.74) is 0.836. The molecule has 1 aliphatic heterocycles. The molecule has 0 saturated carbocycles. The van der Waals surface area contributed by atoms with Crippen LogP contribution < -0.4 is 10.1 Å². The Bertz CT molecular complexity index is 708. The zero-order valence-corrected chi connectivity index (χ0v) is 13.5. The minimum atomic E-state index is -0.258. The van der Waals surface area contributed by atoms with Crippen LogP contribution in [0.3, 0.4) is 0 Å². The molecule has 1 aromatic carbocycles. The van der Waals surface area contributed by atoms with Crippen molar-refractivity contribution >= 4 is 28.5 Å². The second kappa shape index (κ2) is 7.34. The Morgan fingerprint density at radius 1 is 1.43 bits per heavy atom. The molecule has 0 radical (unpaired) electrons. The number of anilines is 1. The molecule has 0 aliphatic carbocycles. The lowest BCUT2D eigenvalue weighted by Gasteiger charge is -2.03. The number of amides is 1. The molecular formula is C16H17N3O3S. The van der Waals surface area contributed by atoms with Crippen molar-refractivity contribution in [3.8, 4) is 5.75 Å². The van der Waals surface area contributed by atoms with Gasteiger partial charge in [-0.15, -0.1) is 10.2 Å². The van der Waals surface area contributed by atoms with Crippen LogP contribution in [0.2, 0.25) is 0 Å². The number of carbonyl (C=O) groups is 1. The van der Waals surface area contributed by atoms with Crippen LogP contribution in [0, 0.1) is 0 Å². The molecule has 0 bridgehead atoms. The molecule has 3 rings (SSSR count). The zero-order valence-electron chi connectivity index (χ0n) is 12.7. The average Bonchev–Trinajstić information content (AvgIpc) is 3.24. The molecule has 1 atom stereocenters. The number of hydrogen-bond donors (Lipinski definition) is 1. The number of aromatic nitrogens is 2. The van der Waals surface area contributed by atoms with Gasteiger partial charge in [0, 0.05) is 18.2 Å². The Morgan fingerprint density at radius 2 is 2.30 bits per heavy atom. The van der Waals surface area contributed by atoms with E-state index >= 15 is 0 Å². The molecule has 2 aromatic rings. The molecule has 1 fully saturated rings. The third-order valence-electron chi connectivity index (χ3n) is 3.43. The van der Waals surface area contributed by atoms with Gasteiger partial charge in [-0.3, -0.25) is 10.1 Å². The third-order valence-corrected chi connectivity index (χ3v) is 4.36. The Hall–Kier alpha value is -2.25. The predicted octanol–water partition coefficient (Wildman–Crippen LogP) is 3.05. The minimum absolute atomic E-state index is 0.0160. The van der Waals surface area contributed by atoms with Gasteiger partial charge >= 0.3 is 0 Å². The average molecular weight is 331 g/mol. The highest BCUT2D eigenvalue weighted by atomic mass is 32.1. The van der Waals surface area contributed by atoms with E-state index in [1.165, 1.54) is 17.4 Å². The molecule has 0 unspecified atom stereocenters. The fraction of sp³-hybridized carbons (Fsp3) is 0.312. The number of nitrogens with one attached hydrogen (secondary N) is 1. The lowest BCUT2D eigenvalue weighted by Crippen LogP contribution is -2.07. The van der Waals surface area contributed by atoms with Gasteiger partial charge in [0.1, 0.15) is 16.9 Å². The van der Waals surface area contributed by atoms with Crippen molar-refractivity contribution in [2.45, 2.75) is 18.9 Å². The summed E-state index contributed by atoms with van der Waals surface area (Å²) in [6.45, 7) is 0.758. The Kier molecular flexibility index (Phi) is 4.99. The summed E-state index contributed by atoms with van der Waals surface area (Å²) in [4.78, 5) is 12.0. The van der Waals surface area contributed by atoms with E-state index in [-0.39, 0.29) is 12.0 Å². The third kappa shape index (κ3) is 3.94.